The van der Waals surface area contributed by atoms with Crippen molar-refractivity contribution in [2.45, 2.75) is 6.54 Å². The highest BCUT2D eigenvalue weighted by molar-refractivity contribution is 14.1. The number of nitrogens with one attached hydrogen (secondary N) is 1. The van der Waals surface area contributed by atoms with E-state index in [1.54, 1.807) is 0 Å². The third kappa shape index (κ3) is 3.67. The van der Waals surface area contributed by atoms with Crippen LogP contribution in [0.5, 0.6) is 0 Å². The van der Waals surface area contributed by atoms with Crippen molar-refractivity contribution < 1.29 is 4.79 Å². The molecule has 3 rings (SSSR count). The fraction of sp³-hybridized carbons (Fsp3) is 0.0667. The maximum Gasteiger partial charge on any atom is 0.248 e. The summed E-state index contributed by atoms with van der Waals surface area (Å²) < 4.78 is 1.11. The molecule has 0 spiro atoms. The van der Waals surface area contributed by atoms with Gasteiger partial charge < -0.3 is 5.32 Å². The molecule has 0 saturated heterocycles. The van der Waals surface area contributed by atoms with Gasteiger partial charge in [-0.15, -0.1) is 10.2 Å². The van der Waals surface area contributed by atoms with Crippen LogP contribution in [-0.4, -0.2) is 26.1 Å². The molecule has 0 radical (unpaired) electrons. The predicted molar refractivity (Wildman–Crippen MR) is 91.0 cm³/mol. The Morgan fingerprint density at radius 2 is 1.82 bits per heavy atom. The highest BCUT2D eigenvalue weighted by atomic mass is 127. The third-order valence-corrected chi connectivity index (χ3v) is 3.62. The fourth-order valence-electron chi connectivity index (χ4n) is 1.88. The van der Waals surface area contributed by atoms with E-state index >= 15 is 0 Å². The molecule has 7 heteroatoms. The van der Waals surface area contributed by atoms with Gasteiger partial charge in [0.1, 0.15) is 6.54 Å². The molecular weight excluding hydrogens is 393 g/mol. The average molecular weight is 405 g/mol. The van der Waals surface area contributed by atoms with E-state index < -0.39 is 0 Å². The van der Waals surface area contributed by atoms with Crippen molar-refractivity contribution in [1.82, 2.24) is 20.2 Å². The van der Waals surface area contributed by atoms with Crippen molar-refractivity contribution in [3.05, 3.63) is 58.2 Å². The monoisotopic (exact) mass is 405 g/mol. The number of carbonyl (C=O) groups excluding carboxylic acids is 1. The normalized spacial score (nSPS) is 10.4. The molecule has 1 N–H and O–H groups in total. The Labute approximate surface area is 140 Å². The van der Waals surface area contributed by atoms with E-state index in [1.807, 2.05) is 54.6 Å². The molecule has 110 valence electrons. The summed E-state index contributed by atoms with van der Waals surface area (Å²) in [5.41, 5.74) is 1.61. The van der Waals surface area contributed by atoms with Crippen LogP contribution in [0.25, 0.3) is 11.4 Å². The minimum Gasteiger partial charge on any atom is -0.324 e. The molecule has 0 aliphatic heterocycles. The highest BCUT2D eigenvalue weighted by Crippen LogP contribution is 2.12. The fourth-order valence-corrected chi connectivity index (χ4v) is 2.23. The molecule has 1 amide bonds. The van der Waals surface area contributed by atoms with Crippen molar-refractivity contribution >= 4 is 34.2 Å². The standard InChI is InChI=1S/C15H12IN5O/c16-12-6-8-13(9-7-12)17-14(22)10-21-19-15(18-20-21)11-4-2-1-3-5-11/h1-9H,10H2,(H,17,22). The quantitative estimate of drug-likeness (QED) is 0.678. The number of hydrogen-bond acceptors (Lipinski definition) is 4. The van der Waals surface area contributed by atoms with Crippen LogP contribution < -0.4 is 5.32 Å². The Balaban J connectivity index is 1.65. The first-order chi connectivity index (χ1) is 10.7. The smallest absolute Gasteiger partial charge is 0.248 e. The number of rotatable bonds is 4. The summed E-state index contributed by atoms with van der Waals surface area (Å²) in [5, 5.41) is 14.9. The number of carbonyl (C=O) groups is 1. The zero-order chi connectivity index (χ0) is 15.4. The van der Waals surface area contributed by atoms with Crippen molar-refractivity contribution in [3.8, 4) is 11.4 Å². The molecule has 0 fully saturated rings. The van der Waals surface area contributed by atoms with Crippen molar-refractivity contribution in [3.63, 3.8) is 0 Å². The summed E-state index contributed by atoms with van der Waals surface area (Å²) in [5.74, 6) is 0.306. The van der Waals surface area contributed by atoms with E-state index in [-0.39, 0.29) is 12.5 Å². The molecule has 0 bridgehead atoms. The van der Waals surface area contributed by atoms with Crippen LogP contribution in [0.4, 0.5) is 5.69 Å². The maximum atomic E-state index is 12.0. The number of halogens is 1. The maximum absolute atomic E-state index is 12.0. The summed E-state index contributed by atoms with van der Waals surface area (Å²) in [6.07, 6.45) is 0. The van der Waals surface area contributed by atoms with Crippen molar-refractivity contribution in [2.24, 2.45) is 0 Å². The van der Waals surface area contributed by atoms with E-state index in [1.165, 1.54) is 4.80 Å². The summed E-state index contributed by atoms with van der Waals surface area (Å²) in [4.78, 5) is 13.3. The first kappa shape index (κ1) is 14.6. The second-order valence-electron chi connectivity index (χ2n) is 4.56. The first-order valence-corrected chi connectivity index (χ1v) is 7.67. The van der Waals surface area contributed by atoms with Crippen LogP contribution in [0.3, 0.4) is 0 Å². The number of nitrogens with zero attached hydrogens (tertiary/aromatic N) is 4. The van der Waals surface area contributed by atoms with Crippen LogP contribution in [0, 0.1) is 3.57 Å². The molecule has 0 unspecified atom stereocenters. The molecule has 1 aromatic heterocycles. The zero-order valence-electron chi connectivity index (χ0n) is 11.5. The molecule has 0 saturated carbocycles. The second kappa shape index (κ2) is 6.65. The molecule has 1 heterocycles. The Morgan fingerprint density at radius 1 is 1.09 bits per heavy atom. The van der Waals surface area contributed by atoms with E-state index in [2.05, 4.69) is 43.3 Å². The number of anilines is 1. The minimum absolute atomic E-state index is 0.0197. The molecule has 0 aliphatic carbocycles. The predicted octanol–water partition coefficient (Wildman–Crippen LogP) is 2.58. The summed E-state index contributed by atoms with van der Waals surface area (Å²) >= 11 is 2.21. The average Bonchev–Trinajstić information content (AvgIpc) is 2.99. The van der Waals surface area contributed by atoms with E-state index in [9.17, 15) is 4.79 Å². The van der Waals surface area contributed by atoms with Crippen LogP contribution in [-0.2, 0) is 11.3 Å². The Morgan fingerprint density at radius 3 is 2.55 bits per heavy atom. The van der Waals surface area contributed by atoms with Gasteiger partial charge in [-0.1, -0.05) is 30.3 Å². The van der Waals surface area contributed by atoms with E-state index in [4.69, 9.17) is 0 Å². The summed E-state index contributed by atoms with van der Waals surface area (Å²) in [6.45, 7) is 0.0197. The molecule has 6 nitrogen and oxygen atoms in total. The van der Waals surface area contributed by atoms with Gasteiger partial charge in [-0.25, -0.2) is 0 Å². The van der Waals surface area contributed by atoms with Crippen LogP contribution in [0.15, 0.2) is 54.6 Å². The van der Waals surface area contributed by atoms with Gasteiger partial charge in [0.2, 0.25) is 11.7 Å². The first-order valence-electron chi connectivity index (χ1n) is 6.59. The van der Waals surface area contributed by atoms with Gasteiger partial charge in [0.05, 0.1) is 0 Å². The van der Waals surface area contributed by atoms with Gasteiger partial charge >= 0.3 is 0 Å². The van der Waals surface area contributed by atoms with Crippen LogP contribution in [0.1, 0.15) is 0 Å². The molecule has 0 aliphatic rings. The van der Waals surface area contributed by atoms with Gasteiger partial charge in [-0.2, -0.15) is 4.80 Å². The number of aromatic nitrogens is 4. The van der Waals surface area contributed by atoms with Gasteiger partial charge in [0.25, 0.3) is 0 Å². The van der Waals surface area contributed by atoms with Gasteiger partial charge in [0.15, 0.2) is 0 Å². The van der Waals surface area contributed by atoms with E-state index in [0.29, 0.717) is 5.82 Å². The lowest BCUT2D eigenvalue weighted by molar-refractivity contribution is -0.117. The van der Waals surface area contributed by atoms with Gasteiger partial charge in [-0.3, -0.25) is 4.79 Å². The zero-order valence-corrected chi connectivity index (χ0v) is 13.6. The van der Waals surface area contributed by atoms with Gasteiger partial charge in [-0.05, 0) is 52.1 Å². The third-order valence-electron chi connectivity index (χ3n) is 2.90. The number of tetrazole rings is 1. The topological polar surface area (TPSA) is 72.7 Å². The largest absolute Gasteiger partial charge is 0.324 e. The SMILES string of the molecule is O=C(Cn1nnc(-c2ccccc2)n1)Nc1ccc(I)cc1. The van der Waals surface area contributed by atoms with Crippen LogP contribution >= 0.6 is 22.6 Å². The Bertz CT molecular complexity index is 770. The summed E-state index contributed by atoms with van der Waals surface area (Å²) in [6, 6.07) is 17.1. The van der Waals surface area contributed by atoms with Crippen molar-refractivity contribution in [1.29, 1.82) is 0 Å². The summed E-state index contributed by atoms with van der Waals surface area (Å²) in [7, 11) is 0. The van der Waals surface area contributed by atoms with E-state index in [0.717, 1.165) is 14.8 Å². The Hall–Kier alpha value is -2.29. The molecule has 2 aromatic carbocycles. The lowest BCUT2D eigenvalue weighted by Crippen LogP contribution is -2.20. The lowest BCUT2D eigenvalue weighted by atomic mass is 10.2. The number of hydrogen-bond donors (Lipinski definition) is 1. The Kier molecular flexibility index (Phi) is 4.42. The number of benzene rings is 2. The van der Waals surface area contributed by atoms with Gasteiger partial charge in [0, 0.05) is 14.8 Å². The van der Waals surface area contributed by atoms with Crippen LogP contribution in [0.2, 0.25) is 0 Å². The highest BCUT2D eigenvalue weighted by Gasteiger charge is 2.09. The molecular formula is C15H12IN5O. The minimum atomic E-state index is -0.196. The molecule has 22 heavy (non-hydrogen) atoms. The lowest BCUT2D eigenvalue weighted by Gasteiger charge is -2.04. The number of amides is 1. The molecule has 3 aromatic rings. The molecule has 0 atom stereocenters. The second-order valence-corrected chi connectivity index (χ2v) is 5.81. The van der Waals surface area contributed by atoms with Crippen molar-refractivity contribution in [2.75, 3.05) is 5.32 Å².